The van der Waals surface area contributed by atoms with E-state index >= 15 is 0 Å². The minimum atomic E-state index is -0.849. The summed E-state index contributed by atoms with van der Waals surface area (Å²) in [5.74, 6) is -0.495. The number of nitrogens with one attached hydrogen (secondary N) is 1. The van der Waals surface area contributed by atoms with Gasteiger partial charge in [0.25, 0.3) is 5.56 Å². The van der Waals surface area contributed by atoms with Gasteiger partial charge in [0.2, 0.25) is 5.91 Å². The molecule has 7 nitrogen and oxygen atoms in total. The molecule has 1 amide bonds. The largest absolute Gasteiger partial charge is 0.481 e. The number of carboxylic acid groups (broad SMARTS) is 1. The van der Waals surface area contributed by atoms with Crippen molar-refractivity contribution in [2.45, 2.75) is 63.8 Å². The quantitative estimate of drug-likeness (QED) is 0.711. The predicted octanol–water partition coefficient (Wildman–Crippen LogP) is 2.80. The van der Waals surface area contributed by atoms with Gasteiger partial charge < -0.3 is 10.4 Å². The maximum absolute atomic E-state index is 12.8. The van der Waals surface area contributed by atoms with Crippen molar-refractivity contribution in [1.82, 2.24) is 15.1 Å². The number of hydrogen-bond acceptors (Lipinski definition) is 4. The fourth-order valence-corrected chi connectivity index (χ4v) is 4.31. The van der Waals surface area contributed by atoms with E-state index in [1.165, 1.54) is 23.9 Å². The summed E-state index contributed by atoms with van der Waals surface area (Å²) in [7, 11) is 1.58. The first-order valence-corrected chi connectivity index (χ1v) is 10.4. The lowest BCUT2D eigenvalue weighted by atomic mass is 9.84. The molecule has 29 heavy (non-hydrogen) atoms. The molecule has 0 saturated heterocycles. The van der Waals surface area contributed by atoms with Gasteiger partial charge >= 0.3 is 5.97 Å². The molecule has 0 bridgehead atoms. The Morgan fingerprint density at radius 3 is 2.59 bits per heavy atom. The lowest BCUT2D eigenvalue weighted by Gasteiger charge is -2.27. The fraction of sp³-hybridized carbons (Fsp3) is 0.545. The van der Waals surface area contributed by atoms with Gasteiger partial charge in [0.1, 0.15) is 0 Å². The van der Waals surface area contributed by atoms with Crippen molar-refractivity contribution < 1.29 is 14.7 Å². The SMILES string of the molecule is Cn1nc(CC(=O)NC(CCC(=O)O)CC2CCCCC2)c2ccccc2c1=O. The number of carbonyl (C=O) groups excluding carboxylic acids is 1. The number of nitrogens with zero attached hydrogens (tertiary/aromatic N) is 2. The Kier molecular flexibility index (Phi) is 7.01. The van der Waals surface area contributed by atoms with Crippen molar-refractivity contribution in [3.63, 3.8) is 0 Å². The maximum atomic E-state index is 12.8. The maximum Gasteiger partial charge on any atom is 0.303 e. The van der Waals surface area contributed by atoms with Crippen molar-refractivity contribution >= 4 is 22.6 Å². The van der Waals surface area contributed by atoms with Gasteiger partial charge in [-0.15, -0.1) is 0 Å². The molecule has 7 heteroatoms. The number of carboxylic acids is 1. The zero-order chi connectivity index (χ0) is 20.8. The number of rotatable bonds is 8. The lowest BCUT2D eigenvalue weighted by molar-refractivity contribution is -0.137. The zero-order valence-corrected chi connectivity index (χ0v) is 16.9. The van der Waals surface area contributed by atoms with Crippen molar-refractivity contribution in [1.29, 1.82) is 0 Å². The predicted molar refractivity (Wildman–Crippen MR) is 111 cm³/mol. The van der Waals surface area contributed by atoms with E-state index in [1.54, 1.807) is 25.2 Å². The molecule has 0 spiro atoms. The number of benzene rings is 1. The highest BCUT2D eigenvalue weighted by Crippen LogP contribution is 2.28. The fourth-order valence-electron chi connectivity index (χ4n) is 4.31. The number of amides is 1. The Morgan fingerprint density at radius 2 is 1.90 bits per heavy atom. The summed E-state index contributed by atoms with van der Waals surface area (Å²) in [6, 6.07) is 7.00. The first kappa shape index (κ1) is 21.0. The first-order chi connectivity index (χ1) is 13.9. The molecule has 0 radical (unpaired) electrons. The third-order valence-electron chi connectivity index (χ3n) is 5.78. The standard InChI is InChI=1S/C22H29N3O4/c1-25-22(29)18-10-6-5-9-17(18)19(24-25)14-20(26)23-16(11-12-21(27)28)13-15-7-3-2-4-8-15/h5-6,9-10,15-16H,2-4,7-8,11-14H2,1H3,(H,23,26)(H,27,28). The summed E-state index contributed by atoms with van der Waals surface area (Å²) in [5.41, 5.74) is 0.358. The summed E-state index contributed by atoms with van der Waals surface area (Å²) in [6.45, 7) is 0. The highest BCUT2D eigenvalue weighted by atomic mass is 16.4. The van der Waals surface area contributed by atoms with Gasteiger partial charge in [0.05, 0.1) is 17.5 Å². The Bertz CT molecular complexity index is 931. The molecule has 156 valence electrons. The van der Waals surface area contributed by atoms with Gasteiger partial charge in [-0.1, -0.05) is 50.3 Å². The second kappa shape index (κ2) is 9.67. The van der Waals surface area contributed by atoms with Crippen LogP contribution < -0.4 is 10.9 Å². The van der Waals surface area contributed by atoms with Crippen LogP contribution in [0.4, 0.5) is 0 Å². The van der Waals surface area contributed by atoms with Gasteiger partial charge in [0, 0.05) is 24.9 Å². The topological polar surface area (TPSA) is 101 Å². The van der Waals surface area contributed by atoms with Crippen molar-refractivity contribution in [2.75, 3.05) is 0 Å². The van der Waals surface area contributed by atoms with Crippen LogP contribution >= 0.6 is 0 Å². The van der Waals surface area contributed by atoms with Crippen LogP contribution in [0.25, 0.3) is 10.8 Å². The summed E-state index contributed by atoms with van der Waals surface area (Å²) in [6.07, 6.45) is 7.31. The summed E-state index contributed by atoms with van der Waals surface area (Å²) in [5, 5.41) is 17.6. The molecular formula is C22H29N3O4. The van der Waals surface area contributed by atoms with Gasteiger partial charge in [-0.05, 0) is 24.8 Å². The van der Waals surface area contributed by atoms with Crippen LogP contribution in [-0.2, 0) is 23.1 Å². The van der Waals surface area contributed by atoms with Crippen LogP contribution in [0.15, 0.2) is 29.1 Å². The van der Waals surface area contributed by atoms with E-state index in [9.17, 15) is 14.4 Å². The molecule has 0 aliphatic heterocycles. The van der Waals surface area contributed by atoms with Crippen LogP contribution in [0.2, 0.25) is 0 Å². The smallest absolute Gasteiger partial charge is 0.303 e. The van der Waals surface area contributed by atoms with Crippen molar-refractivity contribution in [3.05, 3.63) is 40.3 Å². The van der Waals surface area contributed by atoms with E-state index in [4.69, 9.17) is 5.11 Å². The molecular weight excluding hydrogens is 370 g/mol. The van der Waals surface area contributed by atoms with Gasteiger partial charge in [-0.2, -0.15) is 5.10 Å². The van der Waals surface area contributed by atoms with Crippen LogP contribution in [0.5, 0.6) is 0 Å². The molecule has 2 N–H and O–H groups in total. The van der Waals surface area contributed by atoms with Crippen molar-refractivity contribution in [2.24, 2.45) is 13.0 Å². The van der Waals surface area contributed by atoms with Crippen LogP contribution in [-0.4, -0.2) is 32.8 Å². The molecule has 1 aliphatic rings. The summed E-state index contributed by atoms with van der Waals surface area (Å²) >= 11 is 0. The Hall–Kier alpha value is -2.70. The van der Waals surface area contributed by atoms with E-state index in [0.717, 1.165) is 19.3 Å². The van der Waals surface area contributed by atoms with Crippen LogP contribution in [0.1, 0.15) is 57.1 Å². The van der Waals surface area contributed by atoms with E-state index in [2.05, 4.69) is 10.4 Å². The number of aryl methyl sites for hydroxylation is 1. The minimum Gasteiger partial charge on any atom is -0.481 e. The number of hydrogen-bond donors (Lipinski definition) is 2. The second-order valence-electron chi connectivity index (χ2n) is 8.03. The molecule has 1 unspecified atom stereocenters. The molecule has 1 fully saturated rings. The average molecular weight is 399 g/mol. The number of aromatic nitrogens is 2. The molecule has 1 saturated carbocycles. The van der Waals surface area contributed by atoms with Crippen molar-refractivity contribution in [3.8, 4) is 0 Å². The molecule has 1 atom stereocenters. The Labute approximate surface area is 170 Å². The van der Waals surface area contributed by atoms with E-state index in [0.29, 0.717) is 28.8 Å². The molecule has 1 aromatic carbocycles. The van der Waals surface area contributed by atoms with Gasteiger partial charge in [-0.3, -0.25) is 14.4 Å². The highest BCUT2D eigenvalue weighted by molar-refractivity contribution is 5.88. The zero-order valence-electron chi connectivity index (χ0n) is 16.9. The van der Waals surface area contributed by atoms with Crippen LogP contribution in [0, 0.1) is 5.92 Å². The van der Waals surface area contributed by atoms with E-state index < -0.39 is 5.97 Å². The molecule has 3 rings (SSSR count). The molecule has 2 aromatic rings. The molecule has 1 heterocycles. The van der Waals surface area contributed by atoms with Gasteiger partial charge in [0.15, 0.2) is 0 Å². The number of fused-ring (bicyclic) bond motifs is 1. The number of aliphatic carboxylic acids is 1. The molecule has 1 aromatic heterocycles. The third-order valence-corrected chi connectivity index (χ3v) is 5.78. The van der Waals surface area contributed by atoms with Gasteiger partial charge in [-0.25, -0.2) is 4.68 Å². The molecule has 1 aliphatic carbocycles. The highest BCUT2D eigenvalue weighted by Gasteiger charge is 2.22. The normalized spacial score (nSPS) is 15.9. The first-order valence-electron chi connectivity index (χ1n) is 10.4. The number of carbonyl (C=O) groups is 2. The van der Waals surface area contributed by atoms with Crippen LogP contribution in [0.3, 0.4) is 0 Å². The Morgan fingerprint density at radius 1 is 1.21 bits per heavy atom. The monoisotopic (exact) mass is 399 g/mol. The summed E-state index contributed by atoms with van der Waals surface area (Å²) < 4.78 is 1.26. The second-order valence-corrected chi connectivity index (χ2v) is 8.03. The lowest BCUT2D eigenvalue weighted by Crippen LogP contribution is -2.38. The Balaban J connectivity index is 1.72. The minimum absolute atomic E-state index is 0.0404. The van der Waals surface area contributed by atoms with E-state index in [1.807, 2.05) is 6.07 Å². The summed E-state index contributed by atoms with van der Waals surface area (Å²) in [4.78, 5) is 36.1. The van der Waals surface area contributed by atoms with E-state index in [-0.39, 0.29) is 30.3 Å². The third kappa shape index (κ3) is 5.65. The average Bonchev–Trinajstić information content (AvgIpc) is 2.71.